The topological polar surface area (TPSA) is 76.4 Å². The fourth-order valence-electron chi connectivity index (χ4n) is 5.08. The van der Waals surface area contributed by atoms with Crippen LogP contribution in [0.3, 0.4) is 0 Å². The van der Waals surface area contributed by atoms with Crippen molar-refractivity contribution in [3.63, 3.8) is 0 Å². The van der Waals surface area contributed by atoms with Crippen molar-refractivity contribution >= 4 is 22.5 Å². The van der Waals surface area contributed by atoms with Crippen molar-refractivity contribution in [2.24, 2.45) is 11.8 Å². The summed E-state index contributed by atoms with van der Waals surface area (Å²) >= 11 is 0. The van der Waals surface area contributed by atoms with Gasteiger partial charge in [-0.25, -0.2) is 0 Å². The lowest BCUT2D eigenvalue weighted by molar-refractivity contribution is -0.129. The Balaban J connectivity index is 1.59. The molecular weight excluding hydrogens is 390 g/mol. The molecule has 0 spiro atoms. The van der Waals surface area contributed by atoms with Crippen LogP contribution in [0.2, 0.25) is 0 Å². The third kappa shape index (κ3) is 4.96. The Morgan fingerprint density at radius 3 is 2.55 bits per heavy atom. The van der Waals surface area contributed by atoms with Gasteiger partial charge in [0.05, 0.1) is 17.2 Å². The molecule has 2 aliphatic rings. The molecular formula is C25H37N3O3. The first kappa shape index (κ1) is 22.3. The van der Waals surface area contributed by atoms with Gasteiger partial charge in [-0.1, -0.05) is 13.8 Å². The van der Waals surface area contributed by atoms with Gasteiger partial charge in [-0.15, -0.1) is 0 Å². The van der Waals surface area contributed by atoms with Gasteiger partial charge in [0.15, 0.2) is 0 Å². The van der Waals surface area contributed by atoms with Gasteiger partial charge in [0.25, 0.3) is 5.91 Å². The average Bonchev–Trinajstić information content (AvgIpc) is 3.16. The predicted octanol–water partition coefficient (Wildman–Crippen LogP) is 5.16. The molecule has 170 valence electrons. The van der Waals surface area contributed by atoms with Crippen LogP contribution in [0.5, 0.6) is 0 Å². The van der Waals surface area contributed by atoms with Gasteiger partial charge in [-0.3, -0.25) is 9.48 Å². The van der Waals surface area contributed by atoms with E-state index in [9.17, 15) is 9.90 Å². The second-order valence-electron chi connectivity index (χ2n) is 10.3. The number of nitrogens with one attached hydrogen (secondary N) is 1. The van der Waals surface area contributed by atoms with Gasteiger partial charge in [0, 0.05) is 29.4 Å². The first-order valence-corrected chi connectivity index (χ1v) is 11.9. The molecule has 1 saturated carbocycles. The van der Waals surface area contributed by atoms with Gasteiger partial charge in [0.2, 0.25) is 0 Å². The molecule has 1 aliphatic carbocycles. The summed E-state index contributed by atoms with van der Waals surface area (Å²) < 4.78 is 7.75. The second kappa shape index (κ2) is 8.91. The molecule has 2 N–H and O–H groups in total. The molecule has 2 aromatic rings. The van der Waals surface area contributed by atoms with E-state index in [0.717, 1.165) is 54.8 Å². The third-order valence-electron chi connectivity index (χ3n) is 7.11. The van der Waals surface area contributed by atoms with Crippen molar-refractivity contribution < 1.29 is 14.6 Å². The van der Waals surface area contributed by atoms with Gasteiger partial charge in [0.1, 0.15) is 6.10 Å². The van der Waals surface area contributed by atoms with Crippen LogP contribution < -0.4 is 5.32 Å². The maximum atomic E-state index is 12.8. The smallest absolute Gasteiger partial charge is 0.253 e. The number of carbonyl (C=O) groups is 1. The number of hydrogen-bond acceptors (Lipinski definition) is 4. The van der Waals surface area contributed by atoms with Gasteiger partial charge >= 0.3 is 0 Å². The number of aliphatic hydroxyl groups is 1. The van der Waals surface area contributed by atoms with Crippen LogP contribution in [0.4, 0.5) is 5.69 Å². The number of carbonyl (C=O) groups excluding carboxylic acids is 1. The molecule has 1 aromatic carbocycles. The Morgan fingerprint density at radius 1 is 1.19 bits per heavy atom. The van der Waals surface area contributed by atoms with Crippen LogP contribution in [0, 0.1) is 11.8 Å². The quantitative estimate of drug-likeness (QED) is 0.691. The summed E-state index contributed by atoms with van der Waals surface area (Å²) in [6.45, 7) is 8.75. The highest BCUT2D eigenvalue weighted by atomic mass is 16.5. The van der Waals surface area contributed by atoms with Crippen molar-refractivity contribution in [1.82, 2.24) is 9.78 Å². The number of fused-ring (bicyclic) bond motifs is 1. The zero-order chi connectivity index (χ0) is 22.2. The van der Waals surface area contributed by atoms with Gasteiger partial charge < -0.3 is 15.2 Å². The van der Waals surface area contributed by atoms with E-state index >= 15 is 0 Å². The maximum Gasteiger partial charge on any atom is 0.253 e. The molecule has 0 radical (unpaired) electrons. The summed E-state index contributed by atoms with van der Waals surface area (Å²) in [5.41, 5.74) is 1.08. The molecule has 1 aromatic heterocycles. The van der Waals surface area contributed by atoms with Crippen molar-refractivity contribution in [3.8, 4) is 0 Å². The number of amides is 1. The maximum absolute atomic E-state index is 12.8. The van der Waals surface area contributed by atoms with E-state index in [0.29, 0.717) is 23.9 Å². The summed E-state index contributed by atoms with van der Waals surface area (Å²) in [7, 11) is 0. The van der Waals surface area contributed by atoms with Gasteiger partial charge in [-0.2, -0.15) is 5.10 Å². The van der Waals surface area contributed by atoms with Gasteiger partial charge in [-0.05, 0) is 82.8 Å². The molecule has 31 heavy (non-hydrogen) atoms. The minimum Gasteiger partial charge on any atom is -0.386 e. The molecule has 2 heterocycles. The fourth-order valence-corrected chi connectivity index (χ4v) is 5.08. The lowest BCUT2D eigenvalue weighted by atomic mass is 9.80. The Labute approximate surface area is 185 Å². The highest BCUT2D eigenvalue weighted by Gasteiger charge is 2.28. The minimum absolute atomic E-state index is 0.135. The fraction of sp³-hybridized carbons (Fsp3) is 0.680. The van der Waals surface area contributed by atoms with Crippen molar-refractivity contribution in [2.45, 2.75) is 90.4 Å². The van der Waals surface area contributed by atoms with Crippen LogP contribution in [0.15, 0.2) is 18.3 Å². The number of ether oxygens (including phenoxy) is 1. The van der Waals surface area contributed by atoms with E-state index in [1.165, 1.54) is 12.8 Å². The summed E-state index contributed by atoms with van der Waals surface area (Å²) in [5, 5.41) is 19.6. The molecule has 0 bridgehead atoms. The van der Waals surface area contributed by atoms with Crippen LogP contribution in [-0.4, -0.2) is 33.5 Å². The SMILES string of the molecule is CC(C)C1CCC(n2cc3cc(NC(=O)C4CCCCO4)c(C(C)(C)O)cc3n2)CC1. The predicted molar refractivity (Wildman–Crippen MR) is 123 cm³/mol. The number of nitrogens with zero attached hydrogens (tertiary/aromatic N) is 2. The number of rotatable bonds is 5. The zero-order valence-corrected chi connectivity index (χ0v) is 19.4. The van der Waals surface area contributed by atoms with E-state index in [4.69, 9.17) is 9.84 Å². The normalized spacial score (nSPS) is 25.2. The number of benzene rings is 1. The van der Waals surface area contributed by atoms with Crippen LogP contribution in [0.1, 0.15) is 84.2 Å². The van der Waals surface area contributed by atoms with Crippen molar-refractivity contribution in [3.05, 3.63) is 23.9 Å². The summed E-state index contributed by atoms with van der Waals surface area (Å²) in [6.07, 6.45) is 9.21. The second-order valence-corrected chi connectivity index (χ2v) is 10.3. The average molecular weight is 428 g/mol. The Hall–Kier alpha value is -1.92. The number of anilines is 1. The molecule has 1 unspecified atom stereocenters. The standard InChI is InChI=1S/C25H37N3O3/c1-16(2)17-8-10-19(11-9-17)28-15-18-13-22(20(25(3,4)30)14-21(18)27-28)26-24(29)23-7-5-6-12-31-23/h13-17,19,23,30H,5-12H2,1-4H3,(H,26,29). The molecule has 1 atom stereocenters. The monoisotopic (exact) mass is 427 g/mol. The third-order valence-corrected chi connectivity index (χ3v) is 7.11. The van der Waals surface area contributed by atoms with E-state index in [-0.39, 0.29) is 5.91 Å². The highest BCUT2D eigenvalue weighted by Crippen LogP contribution is 2.37. The summed E-state index contributed by atoms with van der Waals surface area (Å²) in [4.78, 5) is 12.8. The van der Waals surface area contributed by atoms with Crippen LogP contribution >= 0.6 is 0 Å². The Kier molecular flexibility index (Phi) is 6.40. The molecule has 1 amide bonds. The van der Waals surface area contributed by atoms with E-state index in [1.54, 1.807) is 13.8 Å². The largest absolute Gasteiger partial charge is 0.386 e. The zero-order valence-electron chi connectivity index (χ0n) is 19.4. The van der Waals surface area contributed by atoms with E-state index in [2.05, 4.69) is 30.0 Å². The molecule has 1 saturated heterocycles. The van der Waals surface area contributed by atoms with Crippen molar-refractivity contribution in [1.29, 1.82) is 0 Å². The lowest BCUT2D eigenvalue weighted by Crippen LogP contribution is -2.34. The number of aromatic nitrogens is 2. The summed E-state index contributed by atoms with van der Waals surface area (Å²) in [5.74, 6) is 1.42. The summed E-state index contributed by atoms with van der Waals surface area (Å²) in [6, 6.07) is 4.29. The molecule has 1 aliphatic heterocycles. The highest BCUT2D eigenvalue weighted by molar-refractivity contribution is 5.97. The van der Waals surface area contributed by atoms with E-state index in [1.807, 2.05) is 12.1 Å². The molecule has 6 heteroatoms. The molecule has 2 fully saturated rings. The molecule has 4 rings (SSSR count). The Bertz CT molecular complexity index is 914. The minimum atomic E-state index is -1.09. The van der Waals surface area contributed by atoms with Crippen molar-refractivity contribution in [2.75, 3.05) is 11.9 Å². The lowest BCUT2D eigenvalue weighted by Gasteiger charge is -2.30. The Morgan fingerprint density at radius 2 is 1.94 bits per heavy atom. The molecule has 6 nitrogen and oxygen atoms in total. The van der Waals surface area contributed by atoms with Crippen LogP contribution in [-0.2, 0) is 15.1 Å². The first-order valence-electron chi connectivity index (χ1n) is 11.9. The van der Waals surface area contributed by atoms with Crippen LogP contribution in [0.25, 0.3) is 10.9 Å². The number of hydrogen-bond donors (Lipinski definition) is 2. The first-order chi connectivity index (χ1) is 14.7. The van der Waals surface area contributed by atoms with E-state index < -0.39 is 11.7 Å².